The minimum Gasteiger partial charge on any atom is -0.337 e. The van der Waals surface area contributed by atoms with Gasteiger partial charge in [0.05, 0.1) is 0 Å². The van der Waals surface area contributed by atoms with Gasteiger partial charge in [0, 0.05) is 48.0 Å². The number of amides is 1. The predicted octanol–water partition coefficient (Wildman–Crippen LogP) is 3.02. The van der Waals surface area contributed by atoms with E-state index in [-0.39, 0.29) is 5.91 Å². The van der Waals surface area contributed by atoms with Crippen molar-refractivity contribution in [2.24, 2.45) is 0 Å². The van der Waals surface area contributed by atoms with Gasteiger partial charge in [-0.2, -0.15) is 0 Å². The highest BCUT2D eigenvalue weighted by molar-refractivity contribution is 7.10. The molecule has 0 radical (unpaired) electrons. The predicted molar refractivity (Wildman–Crippen MR) is 91.7 cm³/mol. The third-order valence-electron chi connectivity index (χ3n) is 4.89. The van der Waals surface area contributed by atoms with E-state index in [1.165, 1.54) is 29.7 Å². The zero-order valence-corrected chi connectivity index (χ0v) is 13.9. The van der Waals surface area contributed by atoms with Gasteiger partial charge >= 0.3 is 0 Å². The SMILES string of the molecule is O=C(c1ccncc1)N1CC[C@@H](N[C@@H]2CCCc3sccc32)C1. The first-order valence-electron chi connectivity index (χ1n) is 8.33. The number of rotatable bonds is 3. The van der Waals surface area contributed by atoms with E-state index in [4.69, 9.17) is 0 Å². The molecule has 1 aliphatic heterocycles. The van der Waals surface area contributed by atoms with E-state index < -0.39 is 0 Å². The Bertz CT molecular complexity index is 685. The Morgan fingerprint density at radius 3 is 3.00 bits per heavy atom. The van der Waals surface area contributed by atoms with E-state index >= 15 is 0 Å². The van der Waals surface area contributed by atoms with Gasteiger partial charge in [-0.1, -0.05) is 0 Å². The van der Waals surface area contributed by atoms with Crippen molar-refractivity contribution >= 4 is 17.2 Å². The molecule has 0 bridgehead atoms. The van der Waals surface area contributed by atoms with Crippen LogP contribution in [0.3, 0.4) is 0 Å². The second-order valence-corrected chi connectivity index (χ2v) is 7.38. The van der Waals surface area contributed by atoms with Crippen LogP contribution in [0.1, 0.15) is 46.1 Å². The molecule has 2 aromatic rings. The summed E-state index contributed by atoms with van der Waals surface area (Å²) in [5, 5.41) is 6.00. The third-order valence-corrected chi connectivity index (χ3v) is 5.89. The van der Waals surface area contributed by atoms with Gasteiger partial charge < -0.3 is 10.2 Å². The molecule has 0 aromatic carbocycles. The summed E-state index contributed by atoms with van der Waals surface area (Å²) >= 11 is 1.88. The minimum absolute atomic E-state index is 0.122. The molecule has 5 heteroatoms. The molecular formula is C18H21N3OS. The second-order valence-electron chi connectivity index (χ2n) is 6.38. The summed E-state index contributed by atoms with van der Waals surface area (Å²) in [6.07, 6.45) is 8.09. The molecule has 1 fully saturated rings. The number of hydrogen-bond acceptors (Lipinski definition) is 4. The van der Waals surface area contributed by atoms with Crippen LogP contribution in [0.5, 0.6) is 0 Å². The number of pyridine rings is 1. The number of nitrogens with one attached hydrogen (secondary N) is 1. The molecule has 2 atom stereocenters. The number of aromatic nitrogens is 1. The largest absolute Gasteiger partial charge is 0.337 e. The third kappa shape index (κ3) is 3.03. The summed E-state index contributed by atoms with van der Waals surface area (Å²) in [7, 11) is 0. The van der Waals surface area contributed by atoms with Crippen LogP contribution in [0.2, 0.25) is 0 Å². The normalized spacial score (nSPS) is 23.7. The molecule has 2 aromatic heterocycles. The highest BCUT2D eigenvalue weighted by atomic mass is 32.1. The number of fused-ring (bicyclic) bond motifs is 1. The lowest BCUT2D eigenvalue weighted by molar-refractivity contribution is 0.0788. The van der Waals surface area contributed by atoms with E-state index in [0.29, 0.717) is 12.1 Å². The second kappa shape index (κ2) is 6.42. The summed E-state index contributed by atoms with van der Waals surface area (Å²) in [5.41, 5.74) is 2.22. The van der Waals surface area contributed by atoms with Gasteiger partial charge in [0.15, 0.2) is 0 Å². The summed E-state index contributed by atoms with van der Waals surface area (Å²) in [5.74, 6) is 0.122. The number of carbonyl (C=O) groups excluding carboxylic acids is 1. The van der Waals surface area contributed by atoms with Gasteiger partial charge in [0.1, 0.15) is 0 Å². The molecule has 1 aliphatic carbocycles. The van der Waals surface area contributed by atoms with E-state index in [9.17, 15) is 4.79 Å². The fourth-order valence-corrected chi connectivity index (χ4v) is 4.69. The Morgan fingerprint density at radius 1 is 1.26 bits per heavy atom. The lowest BCUT2D eigenvalue weighted by atomic mass is 9.93. The van der Waals surface area contributed by atoms with Crippen molar-refractivity contribution in [1.29, 1.82) is 0 Å². The topological polar surface area (TPSA) is 45.2 Å². The van der Waals surface area contributed by atoms with Crippen molar-refractivity contribution in [1.82, 2.24) is 15.2 Å². The highest BCUT2D eigenvalue weighted by Crippen LogP contribution is 2.34. The molecular weight excluding hydrogens is 306 g/mol. The molecule has 1 saturated heterocycles. The van der Waals surface area contributed by atoms with E-state index in [2.05, 4.69) is 21.7 Å². The van der Waals surface area contributed by atoms with Crippen molar-refractivity contribution in [2.75, 3.05) is 13.1 Å². The Kier molecular flexibility index (Phi) is 4.14. The Balaban J connectivity index is 1.39. The van der Waals surface area contributed by atoms with Gasteiger partial charge in [-0.3, -0.25) is 9.78 Å². The van der Waals surface area contributed by atoms with Crippen LogP contribution in [-0.4, -0.2) is 34.9 Å². The van der Waals surface area contributed by atoms with Gasteiger partial charge in [-0.05, 0) is 54.8 Å². The van der Waals surface area contributed by atoms with Crippen LogP contribution in [0, 0.1) is 0 Å². The smallest absolute Gasteiger partial charge is 0.254 e. The Morgan fingerprint density at radius 2 is 2.13 bits per heavy atom. The fourth-order valence-electron chi connectivity index (χ4n) is 3.70. The van der Waals surface area contributed by atoms with Crippen molar-refractivity contribution < 1.29 is 4.79 Å². The molecule has 0 spiro atoms. The maximum absolute atomic E-state index is 12.5. The summed E-state index contributed by atoms with van der Waals surface area (Å²) in [6.45, 7) is 1.64. The van der Waals surface area contributed by atoms with Crippen LogP contribution in [0.4, 0.5) is 0 Å². The molecule has 1 N–H and O–H groups in total. The minimum atomic E-state index is 0.122. The van der Waals surface area contributed by atoms with Crippen LogP contribution in [-0.2, 0) is 6.42 Å². The number of likely N-dealkylation sites (tertiary alicyclic amines) is 1. The molecule has 0 unspecified atom stereocenters. The van der Waals surface area contributed by atoms with Crippen LogP contribution < -0.4 is 5.32 Å². The maximum atomic E-state index is 12.5. The van der Waals surface area contributed by atoms with Crippen molar-refractivity contribution in [3.05, 3.63) is 52.0 Å². The monoisotopic (exact) mass is 327 g/mol. The summed E-state index contributed by atoms with van der Waals surface area (Å²) in [6, 6.07) is 6.72. The zero-order chi connectivity index (χ0) is 15.6. The average Bonchev–Trinajstić information content (AvgIpc) is 3.25. The van der Waals surface area contributed by atoms with Crippen LogP contribution >= 0.6 is 11.3 Å². The lowest BCUT2D eigenvalue weighted by Crippen LogP contribution is -2.38. The molecule has 3 heterocycles. The van der Waals surface area contributed by atoms with E-state index in [1.54, 1.807) is 24.5 Å². The summed E-state index contributed by atoms with van der Waals surface area (Å²) in [4.78, 5) is 20.0. The standard InChI is InChI=1S/C18H21N3OS/c22-18(13-4-8-19-9-5-13)21-10-6-14(12-21)20-16-2-1-3-17-15(16)7-11-23-17/h4-5,7-9,11,14,16,20H,1-3,6,10,12H2/t14-,16-/m1/s1. The fraction of sp³-hybridized carbons (Fsp3) is 0.444. The van der Waals surface area contributed by atoms with Gasteiger partial charge in [0.25, 0.3) is 5.91 Å². The molecule has 0 saturated carbocycles. The van der Waals surface area contributed by atoms with E-state index in [0.717, 1.165) is 25.1 Å². The first kappa shape index (κ1) is 14.8. The molecule has 4 nitrogen and oxygen atoms in total. The van der Waals surface area contributed by atoms with Crippen LogP contribution in [0.15, 0.2) is 36.0 Å². The number of nitrogens with zero attached hydrogens (tertiary/aromatic N) is 2. The van der Waals surface area contributed by atoms with Crippen molar-refractivity contribution in [3.63, 3.8) is 0 Å². The molecule has 1 amide bonds. The Hall–Kier alpha value is -1.72. The Labute approximate surface area is 140 Å². The number of thiophene rings is 1. The van der Waals surface area contributed by atoms with Crippen LogP contribution in [0.25, 0.3) is 0 Å². The van der Waals surface area contributed by atoms with Gasteiger partial charge in [-0.15, -0.1) is 11.3 Å². The molecule has 120 valence electrons. The summed E-state index contributed by atoms with van der Waals surface area (Å²) < 4.78 is 0. The van der Waals surface area contributed by atoms with Crippen molar-refractivity contribution in [3.8, 4) is 0 Å². The van der Waals surface area contributed by atoms with Crippen molar-refractivity contribution in [2.45, 2.75) is 37.8 Å². The van der Waals surface area contributed by atoms with Gasteiger partial charge in [-0.25, -0.2) is 0 Å². The van der Waals surface area contributed by atoms with Gasteiger partial charge in [0.2, 0.25) is 0 Å². The maximum Gasteiger partial charge on any atom is 0.254 e. The molecule has 23 heavy (non-hydrogen) atoms. The first-order valence-corrected chi connectivity index (χ1v) is 9.21. The van der Waals surface area contributed by atoms with E-state index in [1.807, 2.05) is 16.2 Å². The first-order chi connectivity index (χ1) is 11.3. The average molecular weight is 327 g/mol. The number of aryl methyl sites for hydroxylation is 1. The molecule has 2 aliphatic rings. The molecule has 4 rings (SSSR count). The highest BCUT2D eigenvalue weighted by Gasteiger charge is 2.30. The number of carbonyl (C=O) groups is 1. The zero-order valence-electron chi connectivity index (χ0n) is 13.1. The lowest BCUT2D eigenvalue weighted by Gasteiger charge is -2.27. The quantitative estimate of drug-likeness (QED) is 0.942. The number of hydrogen-bond donors (Lipinski definition) is 1.